The zero-order valence-electron chi connectivity index (χ0n) is 18.8. The number of unbranched alkanes of at least 4 members (excludes halogenated alkanes) is 2. The smallest absolute Gasteiger partial charge is 0.225 e. The minimum absolute atomic E-state index is 0.0199. The van der Waals surface area contributed by atoms with Crippen LogP contribution in [0.4, 0.5) is 5.82 Å². The number of aliphatic imine (C=N–C) groups is 1. The van der Waals surface area contributed by atoms with Crippen molar-refractivity contribution in [3.63, 3.8) is 0 Å². The lowest BCUT2D eigenvalue weighted by atomic mass is 10.0. The summed E-state index contributed by atoms with van der Waals surface area (Å²) in [7, 11) is 0. The number of carbonyl (C=O) groups excluding carboxylic acids is 1. The maximum atomic E-state index is 11.8. The molecule has 1 amide bonds. The van der Waals surface area contributed by atoms with Gasteiger partial charge in [0.2, 0.25) is 5.91 Å². The molecule has 0 radical (unpaired) electrons. The Balaban J connectivity index is 1.77. The molecule has 1 aliphatic rings. The van der Waals surface area contributed by atoms with Crippen molar-refractivity contribution in [2.24, 2.45) is 4.99 Å². The minimum Gasteiger partial charge on any atom is -0.310 e. The highest BCUT2D eigenvalue weighted by Gasteiger charge is 2.24. The van der Waals surface area contributed by atoms with Crippen LogP contribution in [0.3, 0.4) is 0 Å². The first kappa shape index (κ1) is 24.3. The van der Waals surface area contributed by atoms with Crippen molar-refractivity contribution in [2.45, 2.75) is 39.0 Å². The fourth-order valence-corrected chi connectivity index (χ4v) is 5.29. The van der Waals surface area contributed by atoms with Crippen molar-refractivity contribution < 1.29 is 4.79 Å². The molecule has 0 spiro atoms. The summed E-state index contributed by atoms with van der Waals surface area (Å²) in [6.07, 6.45) is 11.6. The molecule has 0 fully saturated rings. The first-order valence-corrected chi connectivity index (χ1v) is 12.6. The number of hydrogen-bond acceptors (Lipinski definition) is 5. The average molecular weight is 511 g/mol. The normalized spacial score (nSPS) is 13.7. The first-order chi connectivity index (χ1) is 16.5. The van der Waals surface area contributed by atoms with Gasteiger partial charge in [0.1, 0.15) is 10.8 Å². The Morgan fingerprint density at radius 3 is 2.88 bits per heavy atom. The Morgan fingerprint density at radius 1 is 1.24 bits per heavy atom. The van der Waals surface area contributed by atoms with Gasteiger partial charge in [-0.25, -0.2) is 9.97 Å². The predicted molar refractivity (Wildman–Crippen MR) is 143 cm³/mol. The highest BCUT2D eigenvalue weighted by atomic mass is 35.5. The SMILES string of the molecule is C=CCCC/C=C\N=C(/C)c1sc(-c2ccnc3c2CCC(=O)N3)nc1-c1ccc(Cl)cc1Cl. The molecule has 1 aromatic carbocycles. The van der Waals surface area contributed by atoms with Crippen molar-refractivity contribution >= 4 is 52.0 Å². The number of nitrogens with zero attached hydrogens (tertiary/aromatic N) is 3. The van der Waals surface area contributed by atoms with E-state index in [1.54, 1.807) is 29.7 Å². The van der Waals surface area contributed by atoms with Crippen molar-refractivity contribution in [2.75, 3.05) is 5.32 Å². The zero-order chi connectivity index (χ0) is 24.1. The van der Waals surface area contributed by atoms with E-state index in [4.69, 9.17) is 28.2 Å². The van der Waals surface area contributed by atoms with Gasteiger partial charge in [-0.1, -0.05) is 35.4 Å². The number of rotatable bonds is 8. The lowest BCUT2D eigenvalue weighted by Crippen LogP contribution is -2.20. The van der Waals surface area contributed by atoms with Gasteiger partial charge < -0.3 is 5.32 Å². The zero-order valence-corrected chi connectivity index (χ0v) is 21.1. The second-order valence-corrected chi connectivity index (χ2v) is 9.72. The Morgan fingerprint density at radius 2 is 2.09 bits per heavy atom. The fourth-order valence-electron chi connectivity index (χ4n) is 3.71. The lowest BCUT2D eigenvalue weighted by molar-refractivity contribution is -0.116. The van der Waals surface area contributed by atoms with Crippen LogP contribution < -0.4 is 5.32 Å². The van der Waals surface area contributed by atoms with Crippen molar-refractivity contribution in [3.05, 3.63) is 75.9 Å². The number of halogens is 2. The predicted octanol–water partition coefficient (Wildman–Crippen LogP) is 7.74. The molecule has 4 rings (SSSR count). The summed E-state index contributed by atoms with van der Waals surface area (Å²) < 4.78 is 0. The number of fused-ring (bicyclic) bond motifs is 1. The van der Waals surface area contributed by atoms with Crippen molar-refractivity contribution in [1.29, 1.82) is 0 Å². The molecule has 2 aromatic heterocycles. The number of benzene rings is 1. The van der Waals surface area contributed by atoms with Crippen LogP contribution in [0.5, 0.6) is 0 Å². The molecule has 3 aromatic rings. The summed E-state index contributed by atoms with van der Waals surface area (Å²) in [6.45, 7) is 5.73. The van der Waals surface area contributed by atoms with E-state index < -0.39 is 0 Å². The molecule has 3 heterocycles. The van der Waals surface area contributed by atoms with Gasteiger partial charge >= 0.3 is 0 Å². The van der Waals surface area contributed by atoms with Crippen LogP contribution in [0.15, 0.2) is 60.4 Å². The van der Waals surface area contributed by atoms with E-state index in [2.05, 4.69) is 27.9 Å². The van der Waals surface area contributed by atoms with E-state index in [9.17, 15) is 4.79 Å². The Hall–Kier alpha value is -2.80. The van der Waals surface area contributed by atoms with E-state index in [1.807, 2.05) is 31.3 Å². The molecule has 1 aliphatic heterocycles. The van der Waals surface area contributed by atoms with E-state index in [1.165, 1.54) is 0 Å². The standard InChI is InChI=1S/C26H24Cl2N4OS/c1-3-4-5-6-7-13-29-16(2)24-23(20-9-8-17(27)15-21(20)28)32-26(34-24)19-12-14-30-25-18(19)10-11-22(33)31-25/h3,7-9,12-15H,1,4-6,10-11H2,2H3,(H,30,31,33)/b13-7-,29-16+. The number of pyridine rings is 1. The van der Waals surface area contributed by atoms with Gasteiger partial charge in [-0.15, -0.1) is 17.9 Å². The number of carbonyl (C=O) groups is 1. The molecule has 0 atom stereocenters. The van der Waals surface area contributed by atoms with Gasteiger partial charge in [-0.05, 0) is 56.9 Å². The second kappa shape index (κ2) is 11.1. The molecule has 0 aliphatic carbocycles. The van der Waals surface area contributed by atoms with Gasteiger partial charge in [0, 0.05) is 40.5 Å². The number of hydrogen-bond donors (Lipinski definition) is 1. The summed E-state index contributed by atoms with van der Waals surface area (Å²) in [5.74, 6) is 0.581. The molecule has 34 heavy (non-hydrogen) atoms. The molecular weight excluding hydrogens is 487 g/mol. The second-order valence-electron chi connectivity index (χ2n) is 7.87. The minimum atomic E-state index is -0.0199. The van der Waals surface area contributed by atoms with E-state index in [0.717, 1.165) is 57.2 Å². The van der Waals surface area contributed by atoms with Crippen molar-refractivity contribution in [1.82, 2.24) is 9.97 Å². The topological polar surface area (TPSA) is 67.2 Å². The third-order valence-corrected chi connectivity index (χ3v) is 7.19. The molecule has 5 nitrogen and oxygen atoms in total. The molecule has 174 valence electrons. The molecule has 1 N–H and O–H groups in total. The van der Waals surface area contributed by atoms with Gasteiger partial charge in [0.05, 0.1) is 21.3 Å². The average Bonchev–Trinajstić information content (AvgIpc) is 3.25. The number of amides is 1. The largest absolute Gasteiger partial charge is 0.310 e. The maximum absolute atomic E-state index is 11.8. The molecule has 0 saturated carbocycles. The van der Waals surface area contributed by atoms with Crippen LogP contribution in [0.25, 0.3) is 21.8 Å². The highest BCUT2D eigenvalue weighted by molar-refractivity contribution is 7.17. The van der Waals surface area contributed by atoms with Crippen LogP contribution in [0, 0.1) is 0 Å². The Kier molecular flexibility index (Phi) is 7.93. The van der Waals surface area contributed by atoms with Gasteiger partial charge in [-0.3, -0.25) is 9.79 Å². The third kappa shape index (κ3) is 5.46. The van der Waals surface area contributed by atoms with Crippen LogP contribution in [-0.4, -0.2) is 21.6 Å². The fraction of sp³-hybridized carbons (Fsp3) is 0.231. The van der Waals surface area contributed by atoms with Crippen LogP contribution in [0.2, 0.25) is 10.0 Å². The molecule has 8 heteroatoms. The quantitative estimate of drug-likeness (QED) is 0.191. The Labute approximate surface area is 213 Å². The van der Waals surface area contributed by atoms with Crippen LogP contribution >= 0.6 is 34.5 Å². The summed E-state index contributed by atoms with van der Waals surface area (Å²) in [5.41, 5.74) is 4.35. The number of aromatic nitrogens is 2. The molecule has 0 unspecified atom stereocenters. The summed E-state index contributed by atoms with van der Waals surface area (Å²) >= 11 is 14.3. The van der Waals surface area contributed by atoms with Gasteiger partial charge in [0.25, 0.3) is 0 Å². The highest BCUT2D eigenvalue weighted by Crippen LogP contribution is 2.40. The molecule has 0 bridgehead atoms. The third-order valence-electron chi connectivity index (χ3n) is 5.44. The van der Waals surface area contributed by atoms with E-state index in [-0.39, 0.29) is 5.91 Å². The molecular formula is C26H24Cl2N4OS. The first-order valence-electron chi connectivity index (χ1n) is 11.0. The maximum Gasteiger partial charge on any atom is 0.225 e. The van der Waals surface area contributed by atoms with Gasteiger partial charge in [0.15, 0.2) is 0 Å². The van der Waals surface area contributed by atoms with Crippen LogP contribution in [-0.2, 0) is 11.2 Å². The molecule has 0 saturated heterocycles. The summed E-state index contributed by atoms with van der Waals surface area (Å²) in [4.78, 5) is 26.8. The monoisotopic (exact) mass is 510 g/mol. The van der Waals surface area contributed by atoms with Gasteiger partial charge in [-0.2, -0.15) is 0 Å². The van der Waals surface area contributed by atoms with E-state index in [0.29, 0.717) is 28.7 Å². The van der Waals surface area contributed by atoms with E-state index >= 15 is 0 Å². The van der Waals surface area contributed by atoms with Crippen LogP contribution in [0.1, 0.15) is 43.0 Å². The number of thiazole rings is 1. The lowest BCUT2D eigenvalue weighted by Gasteiger charge is -2.17. The Bertz CT molecular complexity index is 1300. The number of anilines is 1. The number of allylic oxidation sites excluding steroid dienone is 2. The summed E-state index contributed by atoms with van der Waals surface area (Å²) in [5, 5.41) is 4.79. The summed E-state index contributed by atoms with van der Waals surface area (Å²) in [6, 6.07) is 7.35. The van der Waals surface area contributed by atoms with Crippen molar-refractivity contribution in [3.8, 4) is 21.8 Å². The number of nitrogens with one attached hydrogen (secondary N) is 1.